The van der Waals surface area contributed by atoms with Crippen molar-refractivity contribution in [2.45, 2.75) is 19.4 Å². The SMILES string of the molecule is CC(N)Cc1nnc(-c2ccccc2)s1. The Morgan fingerprint density at radius 3 is 2.67 bits per heavy atom. The van der Waals surface area contributed by atoms with Crippen LogP contribution in [0.4, 0.5) is 0 Å². The highest BCUT2D eigenvalue weighted by molar-refractivity contribution is 7.14. The molecule has 0 aliphatic rings. The normalized spacial score (nSPS) is 12.7. The van der Waals surface area contributed by atoms with Crippen molar-refractivity contribution < 1.29 is 0 Å². The van der Waals surface area contributed by atoms with Gasteiger partial charge in [0.25, 0.3) is 0 Å². The van der Waals surface area contributed by atoms with Crippen molar-refractivity contribution >= 4 is 11.3 Å². The van der Waals surface area contributed by atoms with Crippen molar-refractivity contribution in [1.82, 2.24) is 10.2 Å². The number of nitrogens with zero attached hydrogens (tertiary/aromatic N) is 2. The topological polar surface area (TPSA) is 51.8 Å². The van der Waals surface area contributed by atoms with Crippen LogP contribution in [0, 0.1) is 0 Å². The van der Waals surface area contributed by atoms with Crippen LogP contribution in [-0.4, -0.2) is 16.2 Å². The lowest BCUT2D eigenvalue weighted by Gasteiger charge is -1.97. The molecule has 0 saturated carbocycles. The molecule has 0 bridgehead atoms. The summed E-state index contributed by atoms with van der Waals surface area (Å²) < 4.78 is 0. The summed E-state index contributed by atoms with van der Waals surface area (Å²) in [5.41, 5.74) is 6.83. The van der Waals surface area contributed by atoms with Crippen LogP contribution in [0.3, 0.4) is 0 Å². The van der Waals surface area contributed by atoms with Gasteiger partial charge >= 0.3 is 0 Å². The monoisotopic (exact) mass is 219 g/mol. The van der Waals surface area contributed by atoms with Crippen molar-refractivity contribution in [3.05, 3.63) is 35.3 Å². The van der Waals surface area contributed by atoms with Gasteiger partial charge in [-0.2, -0.15) is 0 Å². The predicted octanol–water partition coefficient (Wildman–Crippen LogP) is 2.09. The molecule has 0 radical (unpaired) electrons. The maximum Gasteiger partial charge on any atom is 0.147 e. The minimum Gasteiger partial charge on any atom is -0.328 e. The molecule has 2 aromatic rings. The lowest BCUT2D eigenvalue weighted by Crippen LogP contribution is -2.17. The van der Waals surface area contributed by atoms with Gasteiger partial charge in [-0.05, 0) is 6.92 Å². The fraction of sp³-hybridized carbons (Fsp3) is 0.273. The first-order valence-corrected chi connectivity index (χ1v) is 5.71. The van der Waals surface area contributed by atoms with Gasteiger partial charge in [0.2, 0.25) is 0 Å². The van der Waals surface area contributed by atoms with Gasteiger partial charge in [-0.1, -0.05) is 41.7 Å². The Morgan fingerprint density at radius 2 is 2.00 bits per heavy atom. The number of aromatic nitrogens is 2. The van der Waals surface area contributed by atoms with Crippen LogP contribution in [0.1, 0.15) is 11.9 Å². The molecule has 3 nitrogen and oxygen atoms in total. The first kappa shape index (κ1) is 10.3. The number of rotatable bonds is 3. The second-order valence-corrected chi connectivity index (χ2v) is 4.61. The van der Waals surface area contributed by atoms with Gasteiger partial charge in [-0.25, -0.2) is 0 Å². The van der Waals surface area contributed by atoms with Gasteiger partial charge < -0.3 is 5.73 Å². The van der Waals surface area contributed by atoms with Gasteiger partial charge in [-0.15, -0.1) is 10.2 Å². The molecule has 4 heteroatoms. The van der Waals surface area contributed by atoms with E-state index in [9.17, 15) is 0 Å². The quantitative estimate of drug-likeness (QED) is 0.860. The Morgan fingerprint density at radius 1 is 1.27 bits per heavy atom. The summed E-state index contributed by atoms with van der Waals surface area (Å²) in [6, 6.07) is 10.2. The highest BCUT2D eigenvalue weighted by atomic mass is 32.1. The van der Waals surface area contributed by atoms with Gasteiger partial charge in [0.15, 0.2) is 0 Å². The molecule has 1 aromatic carbocycles. The minimum atomic E-state index is 0.140. The molecule has 1 heterocycles. The highest BCUT2D eigenvalue weighted by Gasteiger charge is 2.07. The zero-order chi connectivity index (χ0) is 10.7. The summed E-state index contributed by atoms with van der Waals surface area (Å²) in [5, 5.41) is 10.2. The second-order valence-electron chi connectivity index (χ2n) is 3.55. The van der Waals surface area contributed by atoms with E-state index in [1.165, 1.54) is 0 Å². The second kappa shape index (κ2) is 4.51. The van der Waals surface area contributed by atoms with Crippen LogP contribution in [0.15, 0.2) is 30.3 Å². The molecule has 1 aromatic heterocycles. The van der Waals surface area contributed by atoms with Crippen molar-refractivity contribution in [2.75, 3.05) is 0 Å². The molecule has 1 atom stereocenters. The van der Waals surface area contributed by atoms with E-state index >= 15 is 0 Å². The molecule has 0 aliphatic heterocycles. The van der Waals surface area contributed by atoms with Crippen LogP contribution in [0.5, 0.6) is 0 Å². The van der Waals surface area contributed by atoms with E-state index in [1.807, 2.05) is 37.3 Å². The lowest BCUT2D eigenvalue weighted by atomic mass is 10.2. The Kier molecular flexibility index (Phi) is 3.08. The summed E-state index contributed by atoms with van der Waals surface area (Å²) in [5.74, 6) is 0. The van der Waals surface area contributed by atoms with Crippen molar-refractivity contribution in [3.63, 3.8) is 0 Å². The van der Waals surface area contributed by atoms with Gasteiger partial charge in [0.1, 0.15) is 10.0 Å². The van der Waals surface area contributed by atoms with E-state index in [1.54, 1.807) is 11.3 Å². The lowest BCUT2D eigenvalue weighted by molar-refractivity contribution is 0.726. The molecule has 15 heavy (non-hydrogen) atoms. The minimum absolute atomic E-state index is 0.140. The zero-order valence-electron chi connectivity index (χ0n) is 8.55. The molecule has 0 fully saturated rings. The van der Waals surface area contributed by atoms with Crippen LogP contribution >= 0.6 is 11.3 Å². The van der Waals surface area contributed by atoms with E-state index in [-0.39, 0.29) is 6.04 Å². The molecular weight excluding hydrogens is 206 g/mol. The summed E-state index contributed by atoms with van der Waals surface area (Å²) in [4.78, 5) is 0. The first-order valence-electron chi connectivity index (χ1n) is 4.89. The number of nitrogens with two attached hydrogens (primary N) is 1. The molecule has 78 valence electrons. The zero-order valence-corrected chi connectivity index (χ0v) is 9.37. The highest BCUT2D eigenvalue weighted by Crippen LogP contribution is 2.23. The third-order valence-electron chi connectivity index (χ3n) is 1.98. The largest absolute Gasteiger partial charge is 0.328 e. The molecule has 0 aliphatic carbocycles. The third kappa shape index (κ3) is 2.61. The third-order valence-corrected chi connectivity index (χ3v) is 2.98. The standard InChI is InChI=1S/C11H13N3S/c1-8(12)7-10-13-14-11(15-10)9-5-3-2-4-6-9/h2-6,8H,7,12H2,1H3. The molecule has 0 spiro atoms. The van der Waals surface area contributed by atoms with E-state index < -0.39 is 0 Å². The molecule has 2 N–H and O–H groups in total. The van der Waals surface area contributed by atoms with Crippen LogP contribution in [-0.2, 0) is 6.42 Å². The Hall–Kier alpha value is -1.26. The molecule has 0 amide bonds. The Bertz CT molecular complexity index is 422. The Labute approximate surface area is 93.0 Å². The molecular formula is C11H13N3S. The maximum atomic E-state index is 5.71. The fourth-order valence-electron chi connectivity index (χ4n) is 1.31. The predicted molar refractivity (Wildman–Crippen MR) is 62.7 cm³/mol. The smallest absolute Gasteiger partial charge is 0.147 e. The average Bonchev–Trinajstić information content (AvgIpc) is 2.67. The van der Waals surface area contributed by atoms with Crippen LogP contribution in [0.2, 0.25) is 0 Å². The van der Waals surface area contributed by atoms with E-state index in [4.69, 9.17) is 5.73 Å². The Balaban J connectivity index is 2.21. The van der Waals surface area contributed by atoms with Gasteiger partial charge in [0.05, 0.1) is 0 Å². The summed E-state index contributed by atoms with van der Waals surface area (Å²) in [7, 11) is 0. The van der Waals surface area contributed by atoms with Gasteiger partial charge in [0, 0.05) is 18.0 Å². The first-order chi connectivity index (χ1) is 7.25. The van der Waals surface area contributed by atoms with Crippen molar-refractivity contribution in [3.8, 4) is 10.6 Å². The summed E-state index contributed by atoms with van der Waals surface area (Å²) >= 11 is 1.61. The molecule has 0 saturated heterocycles. The summed E-state index contributed by atoms with van der Waals surface area (Å²) in [6.45, 7) is 1.98. The van der Waals surface area contributed by atoms with Crippen LogP contribution in [0.25, 0.3) is 10.6 Å². The molecule has 1 unspecified atom stereocenters. The number of hydrogen-bond acceptors (Lipinski definition) is 4. The average molecular weight is 219 g/mol. The van der Waals surface area contributed by atoms with E-state index in [2.05, 4.69) is 10.2 Å². The van der Waals surface area contributed by atoms with E-state index in [0.717, 1.165) is 22.0 Å². The fourth-order valence-corrected chi connectivity index (χ4v) is 2.30. The van der Waals surface area contributed by atoms with Crippen molar-refractivity contribution in [1.29, 1.82) is 0 Å². The van der Waals surface area contributed by atoms with Gasteiger partial charge in [-0.3, -0.25) is 0 Å². The van der Waals surface area contributed by atoms with Crippen LogP contribution < -0.4 is 5.73 Å². The number of benzene rings is 1. The number of hydrogen-bond donors (Lipinski definition) is 1. The summed E-state index contributed by atoms with van der Waals surface area (Å²) in [6.07, 6.45) is 0.796. The maximum absolute atomic E-state index is 5.71. The van der Waals surface area contributed by atoms with Crippen molar-refractivity contribution in [2.24, 2.45) is 5.73 Å². The molecule has 2 rings (SSSR count). The van der Waals surface area contributed by atoms with E-state index in [0.29, 0.717) is 0 Å².